The van der Waals surface area contributed by atoms with Crippen LogP contribution in [-0.4, -0.2) is 39.6 Å². The Morgan fingerprint density at radius 3 is 2.69 bits per heavy atom. The maximum absolute atomic E-state index is 13.1. The first-order valence-electron chi connectivity index (χ1n) is 9.18. The minimum absolute atomic E-state index is 0.0327. The Morgan fingerprint density at radius 2 is 1.93 bits per heavy atom. The van der Waals surface area contributed by atoms with E-state index in [9.17, 15) is 18.0 Å². The van der Waals surface area contributed by atoms with Gasteiger partial charge in [-0.25, -0.2) is 0 Å². The molecule has 5 nitrogen and oxygen atoms in total. The number of halogens is 3. The van der Waals surface area contributed by atoms with E-state index in [1.807, 2.05) is 12.1 Å². The van der Waals surface area contributed by atoms with Crippen molar-refractivity contribution in [1.29, 1.82) is 0 Å². The number of rotatable bonds is 3. The molecule has 0 N–H and O–H groups in total. The summed E-state index contributed by atoms with van der Waals surface area (Å²) in [6, 6.07) is 9.45. The average Bonchev–Trinajstić information content (AvgIpc) is 3.18. The number of thioether (sulfide) groups is 1. The van der Waals surface area contributed by atoms with E-state index >= 15 is 0 Å². The highest BCUT2D eigenvalue weighted by Gasteiger charge is 2.36. The van der Waals surface area contributed by atoms with Crippen LogP contribution in [0.25, 0.3) is 0 Å². The summed E-state index contributed by atoms with van der Waals surface area (Å²) in [6.07, 6.45) is -0.00752. The zero-order valence-corrected chi connectivity index (χ0v) is 16.1. The molecule has 0 aliphatic carbocycles. The van der Waals surface area contributed by atoms with Gasteiger partial charge in [0.25, 0.3) is 0 Å². The second kappa shape index (κ2) is 8.06. The zero-order chi connectivity index (χ0) is 20.4. The predicted octanol–water partition coefficient (Wildman–Crippen LogP) is 4.53. The first kappa shape index (κ1) is 19.8. The summed E-state index contributed by atoms with van der Waals surface area (Å²) in [5.41, 5.74) is 1.57. The highest BCUT2D eigenvalue weighted by Crippen LogP contribution is 2.36. The molecule has 29 heavy (non-hydrogen) atoms. The van der Waals surface area contributed by atoms with Gasteiger partial charge in [-0.2, -0.15) is 0 Å². The van der Waals surface area contributed by atoms with Crippen LogP contribution in [0.4, 0.5) is 13.2 Å². The quantitative estimate of drug-likeness (QED) is 0.731. The number of pyridine rings is 1. The Balaban J connectivity index is 1.52. The monoisotopic (exact) mass is 421 g/mol. The number of likely N-dealkylation sites (tertiary alicyclic amines) is 1. The molecule has 2 atom stereocenters. The number of carbonyl (C=O) groups excluding carboxylic acids is 1. The number of amides is 1. The lowest BCUT2D eigenvalue weighted by molar-refractivity contribution is -0.274. The Kier molecular flexibility index (Phi) is 5.49. The van der Waals surface area contributed by atoms with Gasteiger partial charge in [-0.15, -0.1) is 13.2 Å². The van der Waals surface area contributed by atoms with Crippen molar-refractivity contribution in [3.63, 3.8) is 0 Å². The van der Waals surface area contributed by atoms with Gasteiger partial charge in [-0.1, -0.05) is 23.9 Å². The van der Waals surface area contributed by atoms with Gasteiger partial charge in [0.15, 0.2) is 5.17 Å². The predicted molar refractivity (Wildman–Crippen MR) is 104 cm³/mol. The molecule has 2 unspecified atom stereocenters. The lowest BCUT2D eigenvalue weighted by Gasteiger charge is -2.32. The zero-order valence-electron chi connectivity index (χ0n) is 15.3. The van der Waals surface area contributed by atoms with Gasteiger partial charge < -0.3 is 4.74 Å². The fourth-order valence-electron chi connectivity index (χ4n) is 3.57. The van der Waals surface area contributed by atoms with Gasteiger partial charge in [0.05, 0.1) is 12.0 Å². The number of amidine groups is 1. The fraction of sp³-hybridized carbons (Fsp3) is 0.350. The van der Waals surface area contributed by atoms with Crippen LogP contribution >= 0.6 is 11.8 Å². The van der Waals surface area contributed by atoms with Crippen molar-refractivity contribution in [2.75, 3.05) is 12.3 Å². The van der Waals surface area contributed by atoms with Gasteiger partial charge in [0.2, 0.25) is 5.91 Å². The number of piperidine rings is 1. The second-order valence-corrected chi connectivity index (χ2v) is 7.81. The highest BCUT2D eigenvalue weighted by atomic mass is 32.2. The van der Waals surface area contributed by atoms with Crippen molar-refractivity contribution < 1.29 is 22.7 Å². The number of aromatic nitrogens is 1. The molecule has 0 bridgehead atoms. The van der Waals surface area contributed by atoms with Crippen LogP contribution in [0, 0.1) is 0 Å². The third-order valence-electron chi connectivity index (χ3n) is 4.89. The van der Waals surface area contributed by atoms with Crippen molar-refractivity contribution in [3.05, 3.63) is 59.9 Å². The second-order valence-electron chi connectivity index (χ2n) is 6.82. The number of nitrogens with zero attached hydrogens (tertiary/aromatic N) is 3. The normalized spacial score (nSPS) is 22.5. The third kappa shape index (κ3) is 4.55. The molecular weight excluding hydrogens is 403 g/mol. The largest absolute Gasteiger partial charge is 0.573 e. The molecule has 152 valence electrons. The van der Waals surface area contributed by atoms with Crippen molar-refractivity contribution in [2.45, 2.75) is 31.2 Å². The molecule has 2 aliphatic rings. The van der Waals surface area contributed by atoms with Gasteiger partial charge >= 0.3 is 6.36 Å². The highest BCUT2D eigenvalue weighted by molar-refractivity contribution is 8.14. The minimum atomic E-state index is -4.77. The number of aliphatic imine (C=N–C) groups is 1. The lowest BCUT2D eigenvalue weighted by atomic mass is 9.90. The minimum Gasteiger partial charge on any atom is -0.406 e. The summed E-state index contributed by atoms with van der Waals surface area (Å²) in [6.45, 7) is 0.559. The summed E-state index contributed by atoms with van der Waals surface area (Å²) in [5, 5.41) is 0.671. The molecule has 1 saturated heterocycles. The van der Waals surface area contributed by atoms with Crippen molar-refractivity contribution in [1.82, 2.24) is 9.88 Å². The topological polar surface area (TPSA) is 54.8 Å². The Hall–Kier alpha value is -2.55. The van der Waals surface area contributed by atoms with E-state index in [2.05, 4.69) is 9.72 Å². The Morgan fingerprint density at radius 1 is 1.14 bits per heavy atom. The van der Waals surface area contributed by atoms with E-state index in [1.165, 1.54) is 30.0 Å². The molecule has 2 aliphatic heterocycles. The van der Waals surface area contributed by atoms with Crippen LogP contribution in [0.3, 0.4) is 0 Å². The van der Waals surface area contributed by atoms with Crippen molar-refractivity contribution in [2.24, 2.45) is 4.99 Å². The van der Waals surface area contributed by atoms with Crippen LogP contribution in [0.2, 0.25) is 0 Å². The molecule has 9 heteroatoms. The SMILES string of the molecule is O=C1C(c2cccc(OC(F)(F)F)c2)CCCN1C1=NC(c2ccncc2)CS1. The molecule has 1 aromatic heterocycles. The smallest absolute Gasteiger partial charge is 0.406 e. The summed E-state index contributed by atoms with van der Waals surface area (Å²) in [4.78, 5) is 23.5. The van der Waals surface area contributed by atoms with Gasteiger partial charge in [0.1, 0.15) is 5.75 Å². The molecule has 1 amide bonds. The standard InChI is InChI=1S/C20H18F3N3O2S/c21-20(22,23)28-15-4-1-3-14(11-15)16-5-2-10-26(18(16)27)19-25-17(12-29-19)13-6-8-24-9-7-13/h1,3-4,6-9,11,16-17H,2,5,10,12H2. The molecular formula is C20H18F3N3O2S. The van der Waals surface area contributed by atoms with Crippen LogP contribution < -0.4 is 4.74 Å². The number of hydrogen-bond donors (Lipinski definition) is 0. The van der Waals surface area contributed by atoms with E-state index in [0.717, 1.165) is 17.7 Å². The van der Waals surface area contributed by atoms with Crippen molar-refractivity contribution in [3.8, 4) is 5.75 Å². The van der Waals surface area contributed by atoms with Gasteiger partial charge in [0, 0.05) is 24.7 Å². The van der Waals surface area contributed by atoms with Crippen LogP contribution in [-0.2, 0) is 4.79 Å². The van der Waals surface area contributed by atoms with Crippen LogP contribution in [0.15, 0.2) is 53.8 Å². The average molecular weight is 421 g/mol. The summed E-state index contributed by atoms with van der Waals surface area (Å²) < 4.78 is 41.5. The van der Waals surface area contributed by atoms with Crippen molar-refractivity contribution >= 4 is 22.8 Å². The summed E-state index contributed by atoms with van der Waals surface area (Å²) in [7, 11) is 0. The number of hydrogen-bond acceptors (Lipinski definition) is 5. The van der Waals surface area contributed by atoms with E-state index in [4.69, 9.17) is 4.99 Å². The van der Waals surface area contributed by atoms with Gasteiger partial charge in [-0.3, -0.25) is 19.7 Å². The molecule has 1 fully saturated rings. The number of carbonyl (C=O) groups is 1. The summed E-state index contributed by atoms with van der Waals surface area (Å²) in [5.74, 6) is -0.223. The maximum atomic E-state index is 13.1. The number of benzene rings is 1. The first-order chi connectivity index (χ1) is 13.9. The molecule has 0 radical (unpaired) electrons. The molecule has 4 rings (SSSR count). The maximum Gasteiger partial charge on any atom is 0.573 e. The molecule has 3 heterocycles. The van der Waals surface area contributed by atoms with E-state index in [0.29, 0.717) is 23.7 Å². The van der Waals surface area contributed by atoms with Gasteiger partial charge in [-0.05, 0) is 48.2 Å². The Bertz CT molecular complexity index is 921. The van der Waals surface area contributed by atoms with E-state index in [1.54, 1.807) is 23.4 Å². The molecule has 1 aromatic carbocycles. The fourth-order valence-corrected chi connectivity index (χ4v) is 4.68. The van der Waals surface area contributed by atoms with E-state index in [-0.39, 0.29) is 17.7 Å². The van der Waals surface area contributed by atoms with E-state index < -0.39 is 12.3 Å². The van der Waals surface area contributed by atoms with Crippen LogP contribution in [0.5, 0.6) is 5.75 Å². The molecule has 0 saturated carbocycles. The number of alkyl halides is 3. The first-order valence-corrected chi connectivity index (χ1v) is 10.2. The third-order valence-corrected chi connectivity index (χ3v) is 5.96. The molecule has 0 spiro atoms. The summed E-state index contributed by atoms with van der Waals surface area (Å²) >= 11 is 1.53. The Labute approximate surface area is 170 Å². The number of ether oxygens (including phenoxy) is 1. The van der Waals surface area contributed by atoms with Crippen LogP contribution in [0.1, 0.15) is 35.9 Å². The lowest BCUT2D eigenvalue weighted by Crippen LogP contribution is -2.42. The molecule has 2 aromatic rings.